The molecule has 1 aromatic carbocycles. The molecule has 2 aliphatic rings. The number of aromatic nitrogens is 2. The van der Waals surface area contributed by atoms with E-state index in [2.05, 4.69) is 72.3 Å². The number of hydrogen-bond donors (Lipinski definition) is 1. The highest BCUT2D eigenvalue weighted by Crippen LogP contribution is 2.25. The van der Waals surface area contributed by atoms with E-state index in [1.165, 1.54) is 23.9 Å². The number of likely N-dealkylation sites (tertiary alicyclic amines) is 1. The molecule has 2 fully saturated rings. The Kier molecular flexibility index (Phi) is 8.07. The van der Waals surface area contributed by atoms with Gasteiger partial charge in [0.05, 0.1) is 6.61 Å². The zero-order valence-electron chi connectivity index (χ0n) is 22.0. The Labute approximate surface area is 210 Å². The Hall–Kier alpha value is -2.51. The lowest BCUT2D eigenvalue weighted by Gasteiger charge is -2.41. The molecule has 2 saturated heterocycles. The number of ether oxygens (including phenoxy) is 1. The fourth-order valence-corrected chi connectivity index (χ4v) is 5.12. The van der Waals surface area contributed by atoms with Gasteiger partial charge in [-0.1, -0.05) is 45.0 Å². The normalized spacial score (nSPS) is 19.7. The van der Waals surface area contributed by atoms with Crippen LogP contribution < -0.4 is 5.32 Å². The van der Waals surface area contributed by atoms with Crippen molar-refractivity contribution in [1.82, 2.24) is 19.8 Å². The zero-order chi connectivity index (χ0) is 25.0. The maximum Gasteiger partial charge on any atom is 0.272 e. The average molecular weight is 480 g/mol. The van der Waals surface area contributed by atoms with Gasteiger partial charge in [-0.05, 0) is 56.2 Å². The van der Waals surface area contributed by atoms with Crippen molar-refractivity contribution in [2.75, 3.05) is 38.7 Å². The number of hydrogen-bond acceptors (Lipinski definition) is 6. The van der Waals surface area contributed by atoms with Crippen LogP contribution >= 0.6 is 0 Å². The van der Waals surface area contributed by atoms with Crippen LogP contribution in [0.3, 0.4) is 0 Å². The van der Waals surface area contributed by atoms with E-state index in [1.54, 1.807) is 0 Å². The van der Waals surface area contributed by atoms with E-state index >= 15 is 0 Å². The summed E-state index contributed by atoms with van der Waals surface area (Å²) in [4.78, 5) is 26.5. The molecule has 0 saturated carbocycles. The lowest BCUT2D eigenvalue weighted by molar-refractivity contribution is 0.000239. The third-order valence-corrected chi connectivity index (χ3v) is 7.61. The van der Waals surface area contributed by atoms with E-state index in [-0.39, 0.29) is 11.3 Å². The molecule has 7 heteroatoms. The molecule has 1 atom stereocenters. The van der Waals surface area contributed by atoms with Crippen molar-refractivity contribution in [3.8, 4) is 0 Å². The van der Waals surface area contributed by atoms with Gasteiger partial charge in [-0.3, -0.25) is 9.69 Å². The summed E-state index contributed by atoms with van der Waals surface area (Å²) < 4.78 is 5.68. The second kappa shape index (κ2) is 11.0. The molecule has 1 N–H and O–H groups in total. The van der Waals surface area contributed by atoms with Crippen molar-refractivity contribution in [2.45, 2.75) is 77.4 Å². The Balaban J connectivity index is 1.34. The van der Waals surface area contributed by atoms with Crippen LogP contribution in [0.15, 0.2) is 30.6 Å². The van der Waals surface area contributed by atoms with Crippen LogP contribution in [0.5, 0.6) is 0 Å². The van der Waals surface area contributed by atoms with Crippen molar-refractivity contribution >= 4 is 11.7 Å². The maximum absolute atomic E-state index is 13.3. The molecule has 4 rings (SSSR count). The van der Waals surface area contributed by atoms with Crippen molar-refractivity contribution in [3.05, 3.63) is 53.0 Å². The third kappa shape index (κ3) is 6.19. The number of amides is 1. The molecule has 1 unspecified atom stereocenters. The summed E-state index contributed by atoms with van der Waals surface area (Å²) in [6.45, 7) is 12.5. The summed E-state index contributed by atoms with van der Waals surface area (Å²) >= 11 is 0. The van der Waals surface area contributed by atoms with E-state index in [1.807, 2.05) is 11.8 Å². The minimum atomic E-state index is 0.00424. The first-order chi connectivity index (χ1) is 16.7. The number of piperidine rings is 1. The number of anilines is 1. The minimum absolute atomic E-state index is 0.00424. The molecule has 35 heavy (non-hydrogen) atoms. The first kappa shape index (κ1) is 25.6. The van der Waals surface area contributed by atoms with Crippen LogP contribution in [0.25, 0.3) is 0 Å². The molecular weight excluding hydrogens is 438 g/mol. The predicted molar refractivity (Wildman–Crippen MR) is 140 cm³/mol. The Bertz CT molecular complexity index is 987. The largest absolute Gasteiger partial charge is 0.380 e. The van der Waals surface area contributed by atoms with E-state index < -0.39 is 0 Å². The topological polar surface area (TPSA) is 70.6 Å². The Morgan fingerprint density at radius 2 is 1.83 bits per heavy atom. The van der Waals surface area contributed by atoms with Crippen LogP contribution in [0.4, 0.5) is 5.82 Å². The molecule has 2 aliphatic heterocycles. The second-order valence-corrected chi connectivity index (χ2v) is 11.1. The Morgan fingerprint density at radius 1 is 1.11 bits per heavy atom. The minimum Gasteiger partial charge on any atom is -0.380 e. The fraction of sp³-hybridized carbons (Fsp3) is 0.607. The van der Waals surface area contributed by atoms with Crippen molar-refractivity contribution < 1.29 is 9.53 Å². The van der Waals surface area contributed by atoms with Gasteiger partial charge in [-0.15, -0.1) is 0 Å². The lowest BCUT2D eigenvalue weighted by atomic mass is 9.87. The summed E-state index contributed by atoms with van der Waals surface area (Å²) in [5.41, 5.74) is 3.94. The van der Waals surface area contributed by atoms with Gasteiger partial charge < -0.3 is 15.0 Å². The van der Waals surface area contributed by atoms with Crippen molar-refractivity contribution in [1.29, 1.82) is 0 Å². The van der Waals surface area contributed by atoms with Gasteiger partial charge in [0.15, 0.2) is 0 Å². The van der Waals surface area contributed by atoms with E-state index in [0.717, 1.165) is 56.9 Å². The van der Waals surface area contributed by atoms with Crippen LogP contribution in [-0.4, -0.2) is 71.1 Å². The molecule has 0 aliphatic carbocycles. The molecule has 0 bridgehead atoms. The third-order valence-electron chi connectivity index (χ3n) is 7.61. The van der Waals surface area contributed by atoms with Gasteiger partial charge in [-0.25, -0.2) is 9.97 Å². The quantitative estimate of drug-likeness (QED) is 0.662. The molecule has 3 heterocycles. The first-order valence-corrected chi connectivity index (χ1v) is 13.0. The number of carbonyl (C=O) groups excluding carboxylic acids is 1. The van der Waals surface area contributed by atoms with Crippen LogP contribution in [0.2, 0.25) is 0 Å². The van der Waals surface area contributed by atoms with Gasteiger partial charge in [0, 0.05) is 43.9 Å². The van der Waals surface area contributed by atoms with Crippen LogP contribution in [0, 0.1) is 6.92 Å². The molecule has 2 aromatic rings. The molecule has 1 aromatic heterocycles. The molecule has 7 nitrogen and oxygen atoms in total. The first-order valence-electron chi connectivity index (χ1n) is 13.0. The highest BCUT2D eigenvalue weighted by Gasteiger charge is 2.31. The van der Waals surface area contributed by atoms with Gasteiger partial charge >= 0.3 is 0 Å². The zero-order valence-corrected chi connectivity index (χ0v) is 22.0. The smallest absolute Gasteiger partial charge is 0.272 e. The van der Waals surface area contributed by atoms with Gasteiger partial charge in [0.2, 0.25) is 0 Å². The fourth-order valence-electron chi connectivity index (χ4n) is 5.12. The van der Waals surface area contributed by atoms with E-state index in [4.69, 9.17) is 4.74 Å². The number of nitrogens with zero attached hydrogens (tertiary/aromatic N) is 4. The van der Waals surface area contributed by atoms with Gasteiger partial charge in [0.25, 0.3) is 5.91 Å². The van der Waals surface area contributed by atoms with Crippen molar-refractivity contribution in [2.24, 2.45) is 0 Å². The monoisotopic (exact) mass is 479 g/mol. The number of benzene rings is 1. The summed E-state index contributed by atoms with van der Waals surface area (Å²) in [5, 5.41) is 3.40. The van der Waals surface area contributed by atoms with Gasteiger partial charge in [0.1, 0.15) is 17.8 Å². The number of rotatable bonds is 6. The van der Waals surface area contributed by atoms with Crippen LogP contribution in [-0.2, 0) is 16.7 Å². The summed E-state index contributed by atoms with van der Waals surface area (Å²) in [6.07, 6.45) is 5.80. The SMILES string of the molecule is Cc1c(NCc2ccc(C(C)(C)C)cc2)ncnc1C(=O)N1CCC(N(C)C2CCCOC2)CC1. The number of nitrogens with one attached hydrogen (secondary N) is 1. The maximum atomic E-state index is 13.3. The second-order valence-electron chi connectivity index (χ2n) is 11.1. The molecule has 1 amide bonds. The van der Waals surface area contributed by atoms with Gasteiger partial charge in [-0.2, -0.15) is 0 Å². The molecule has 0 spiro atoms. The number of carbonyl (C=O) groups is 1. The predicted octanol–water partition coefficient (Wildman–Crippen LogP) is 4.41. The highest BCUT2D eigenvalue weighted by molar-refractivity contribution is 5.94. The molecular formula is C28H41N5O2. The van der Waals surface area contributed by atoms with E-state index in [9.17, 15) is 4.79 Å². The Morgan fingerprint density at radius 3 is 2.46 bits per heavy atom. The lowest BCUT2D eigenvalue weighted by Crippen LogP contribution is -2.50. The number of likely N-dealkylation sites (N-methyl/N-ethyl adjacent to an activating group) is 1. The molecule has 0 radical (unpaired) electrons. The van der Waals surface area contributed by atoms with Crippen LogP contribution in [0.1, 0.15) is 73.6 Å². The molecule has 190 valence electrons. The summed E-state index contributed by atoms with van der Waals surface area (Å²) in [5.74, 6) is 0.722. The van der Waals surface area contributed by atoms with Crippen molar-refractivity contribution in [3.63, 3.8) is 0 Å². The average Bonchev–Trinajstić information content (AvgIpc) is 2.87. The summed E-state index contributed by atoms with van der Waals surface area (Å²) in [7, 11) is 2.21. The standard InChI is InChI=1S/C28H41N5O2/c1-20-25(27(34)33-14-12-23(13-15-33)32(5)24-7-6-16-35-18-24)30-19-31-26(20)29-17-21-8-10-22(11-9-21)28(2,3)4/h8-11,19,23-24H,6-7,12-18H2,1-5H3,(H,29,30,31). The summed E-state index contributed by atoms with van der Waals surface area (Å²) in [6, 6.07) is 9.66. The highest BCUT2D eigenvalue weighted by atomic mass is 16.5. The van der Waals surface area contributed by atoms with E-state index in [0.29, 0.717) is 24.3 Å².